The highest BCUT2D eigenvalue weighted by Gasteiger charge is 2.17. The Morgan fingerprint density at radius 3 is 2.54 bits per heavy atom. The third-order valence-electron chi connectivity index (χ3n) is 4.20. The van der Waals surface area contributed by atoms with Crippen LogP contribution in [0, 0.1) is 13.8 Å². The third-order valence-corrected chi connectivity index (χ3v) is 5.58. The van der Waals surface area contributed by atoms with E-state index in [2.05, 4.69) is 10.3 Å². The van der Waals surface area contributed by atoms with Crippen molar-refractivity contribution in [2.24, 2.45) is 0 Å². The molecule has 7 heteroatoms. The Balaban J connectivity index is 1.68. The van der Waals surface area contributed by atoms with Gasteiger partial charge in [-0.3, -0.25) is 4.79 Å². The van der Waals surface area contributed by atoms with E-state index in [9.17, 15) is 4.79 Å². The van der Waals surface area contributed by atoms with Crippen molar-refractivity contribution in [3.63, 3.8) is 0 Å². The van der Waals surface area contributed by atoms with E-state index < -0.39 is 0 Å². The quantitative estimate of drug-likeness (QED) is 0.592. The molecule has 1 amide bonds. The van der Waals surface area contributed by atoms with Gasteiger partial charge in [0, 0.05) is 30.5 Å². The first-order chi connectivity index (χ1) is 13.3. The van der Waals surface area contributed by atoms with Gasteiger partial charge < -0.3 is 15.0 Å². The number of benzene rings is 2. The fourth-order valence-corrected chi connectivity index (χ4v) is 3.65. The Hall–Kier alpha value is -2.57. The molecule has 2 aromatic carbocycles. The minimum absolute atomic E-state index is 0.159. The van der Waals surface area contributed by atoms with E-state index in [0.29, 0.717) is 28.0 Å². The molecule has 0 aliphatic carbocycles. The summed E-state index contributed by atoms with van der Waals surface area (Å²) in [6.45, 7) is 4.11. The molecule has 0 bridgehead atoms. The molecule has 1 N–H and O–H groups in total. The van der Waals surface area contributed by atoms with Crippen LogP contribution in [0.25, 0.3) is 0 Å². The van der Waals surface area contributed by atoms with Crippen molar-refractivity contribution in [3.05, 3.63) is 68.6 Å². The smallest absolute Gasteiger partial charge is 0.267 e. The molecular formula is C21H22ClN3O2S. The van der Waals surface area contributed by atoms with Gasteiger partial charge in [-0.1, -0.05) is 11.6 Å². The average molecular weight is 416 g/mol. The van der Waals surface area contributed by atoms with Crippen LogP contribution in [0.3, 0.4) is 0 Å². The molecule has 0 aliphatic heterocycles. The fraction of sp³-hybridized carbons (Fsp3) is 0.238. The molecule has 1 aromatic heterocycles. The summed E-state index contributed by atoms with van der Waals surface area (Å²) >= 11 is 7.22. The van der Waals surface area contributed by atoms with E-state index in [0.717, 1.165) is 21.9 Å². The maximum atomic E-state index is 12.7. The lowest BCUT2D eigenvalue weighted by molar-refractivity contribution is 0.102. The van der Waals surface area contributed by atoms with Gasteiger partial charge in [0.15, 0.2) is 0 Å². The maximum absolute atomic E-state index is 12.7. The van der Waals surface area contributed by atoms with Gasteiger partial charge in [0.25, 0.3) is 5.91 Å². The Labute approximate surface area is 173 Å². The van der Waals surface area contributed by atoms with Gasteiger partial charge in [-0.2, -0.15) is 0 Å². The van der Waals surface area contributed by atoms with Crippen LogP contribution < -0.4 is 15.0 Å². The maximum Gasteiger partial charge on any atom is 0.267 e. The number of hydrogen-bond acceptors (Lipinski definition) is 5. The number of halogens is 1. The molecule has 0 aliphatic rings. The highest BCUT2D eigenvalue weighted by Crippen LogP contribution is 2.25. The number of hydrogen-bond donors (Lipinski definition) is 1. The Morgan fingerprint density at radius 1 is 1.18 bits per heavy atom. The predicted octanol–water partition coefficient (Wildman–Crippen LogP) is 5.31. The van der Waals surface area contributed by atoms with Crippen molar-refractivity contribution in [1.82, 2.24) is 4.98 Å². The van der Waals surface area contributed by atoms with Crippen LogP contribution >= 0.6 is 22.9 Å². The molecule has 0 saturated heterocycles. The van der Waals surface area contributed by atoms with Crippen molar-refractivity contribution in [3.8, 4) is 5.75 Å². The molecule has 0 saturated carbocycles. The van der Waals surface area contributed by atoms with Crippen molar-refractivity contribution in [2.45, 2.75) is 20.5 Å². The van der Waals surface area contributed by atoms with Gasteiger partial charge >= 0.3 is 0 Å². The zero-order valence-corrected chi connectivity index (χ0v) is 17.8. The van der Waals surface area contributed by atoms with Crippen LogP contribution in [-0.2, 0) is 6.61 Å². The lowest BCUT2D eigenvalue weighted by Crippen LogP contribution is -2.13. The fourth-order valence-electron chi connectivity index (χ4n) is 2.65. The minimum atomic E-state index is -0.159. The van der Waals surface area contributed by atoms with Gasteiger partial charge in [-0.05, 0) is 61.9 Å². The van der Waals surface area contributed by atoms with E-state index >= 15 is 0 Å². The zero-order valence-electron chi connectivity index (χ0n) is 16.2. The number of carbonyl (C=O) groups excluding carboxylic acids is 1. The topological polar surface area (TPSA) is 54.5 Å². The Morgan fingerprint density at radius 2 is 1.89 bits per heavy atom. The van der Waals surface area contributed by atoms with Crippen LogP contribution in [0.1, 0.15) is 25.9 Å². The second-order valence-electron chi connectivity index (χ2n) is 6.61. The molecule has 28 heavy (non-hydrogen) atoms. The van der Waals surface area contributed by atoms with Crippen LogP contribution in [0.4, 0.5) is 11.4 Å². The highest BCUT2D eigenvalue weighted by atomic mass is 35.5. The summed E-state index contributed by atoms with van der Waals surface area (Å²) in [4.78, 5) is 19.8. The number of anilines is 2. The van der Waals surface area contributed by atoms with Gasteiger partial charge in [-0.25, -0.2) is 4.98 Å². The van der Waals surface area contributed by atoms with E-state index in [1.165, 1.54) is 11.3 Å². The number of aryl methyl sites for hydroxylation is 2. The van der Waals surface area contributed by atoms with E-state index in [4.69, 9.17) is 16.3 Å². The largest absolute Gasteiger partial charge is 0.486 e. The van der Waals surface area contributed by atoms with Crippen molar-refractivity contribution >= 4 is 40.2 Å². The first kappa shape index (κ1) is 20.2. The van der Waals surface area contributed by atoms with E-state index in [-0.39, 0.29) is 5.91 Å². The Bertz CT molecular complexity index is 984. The first-order valence-corrected chi connectivity index (χ1v) is 9.97. The number of nitrogens with zero attached hydrogens (tertiary/aromatic N) is 2. The first-order valence-electron chi connectivity index (χ1n) is 8.77. The minimum Gasteiger partial charge on any atom is -0.486 e. The predicted molar refractivity (Wildman–Crippen MR) is 116 cm³/mol. The normalized spacial score (nSPS) is 10.6. The molecule has 0 atom stereocenters. The average Bonchev–Trinajstić information content (AvgIpc) is 3.03. The zero-order chi connectivity index (χ0) is 20.3. The van der Waals surface area contributed by atoms with Crippen LogP contribution in [0.5, 0.6) is 5.75 Å². The van der Waals surface area contributed by atoms with Gasteiger partial charge in [0.2, 0.25) is 0 Å². The monoisotopic (exact) mass is 415 g/mol. The Kier molecular flexibility index (Phi) is 6.21. The molecule has 0 fully saturated rings. The second kappa shape index (κ2) is 8.63. The van der Waals surface area contributed by atoms with Crippen LogP contribution in [-0.4, -0.2) is 25.0 Å². The molecule has 0 radical (unpaired) electrons. The summed E-state index contributed by atoms with van der Waals surface area (Å²) < 4.78 is 5.72. The summed E-state index contributed by atoms with van der Waals surface area (Å²) in [5.74, 6) is 0.549. The number of nitrogens with one attached hydrogen (secondary N) is 1. The summed E-state index contributed by atoms with van der Waals surface area (Å²) in [5.41, 5.74) is 3.58. The number of amides is 1. The lowest BCUT2D eigenvalue weighted by atomic mass is 10.1. The van der Waals surface area contributed by atoms with Crippen molar-refractivity contribution < 1.29 is 9.53 Å². The van der Waals surface area contributed by atoms with Gasteiger partial charge in [0.05, 0.1) is 5.69 Å². The molecule has 0 spiro atoms. The van der Waals surface area contributed by atoms with Crippen molar-refractivity contribution in [1.29, 1.82) is 0 Å². The lowest BCUT2D eigenvalue weighted by Gasteiger charge is -2.15. The molecule has 0 unspecified atom stereocenters. The molecule has 5 nitrogen and oxygen atoms in total. The molecule has 3 rings (SSSR count). The third kappa shape index (κ3) is 4.82. The van der Waals surface area contributed by atoms with Crippen LogP contribution in [0.2, 0.25) is 5.02 Å². The second-order valence-corrected chi connectivity index (χ2v) is 8.13. The standard InChI is InChI=1S/C21H22ClN3O2S/c1-13-11-16(25(3)4)7-10-18(13)24-21(26)20-14(2)23-19(28-20)12-27-17-8-5-15(22)6-9-17/h5-11H,12H2,1-4H3,(H,24,26). The summed E-state index contributed by atoms with van der Waals surface area (Å²) in [7, 11) is 3.97. The van der Waals surface area contributed by atoms with E-state index in [1.54, 1.807) is 24.3 Å². The summed E-state index contributed by atoms with van der Waals surface area (Å²) in [6, 6.07) is 13.1. The number of carbonyl (C=O) groups is 1. The van der Waals surface area contributed by atoms with Gasteiger partial charge in [0.1, 0.15) is 22.2 Å². The number of ether oxygens (including phenoxy) is 1. The SMILES string of the molecule is Cc1cc(N(C)C)ccc1NC(=O)c1sc(COc2ccc(Cl)cc2)nc1C. The molecule has 1 heterocycles. The number of thiazole rings is 1. The molecule has 3 aromatic rings. The highest BCUT2D eigenvalue weighted by molar-refractivity contribution is 7.13. The summed E-state index contributed by atoms with van der Waals surface area (Å²) in [5, 5.41) is 4.39. The van der Waals surface area contributed by atoms with Crippen LogP contribution in [0.15, 0.2) is 42.5 Å². The number of aromatic nitrogens is 1. The van der Waals surface area contributed by atoms with Gasteiger partial charge in [-0.15, -0.1) is 11.3 Å². The molecular weight excluding hydrogens is 394 g/mol. The van der Waals surface area contributed by atoms with Crippen molar-refractivity contribution in [2.75, 3.05) is 24.3 Å². The number of rotatable bonds is 6. The summed E-state index contributed by atoms with van der Waals surface area (Å²) in [6.07, 6.45) is 0. The molecule has 146 valence electrons. The van der Waals surface area contributed by atoms with E-state index in [1.807, 2.05) is 51.0 Å².